The number of rotatable bonds is 31. The summed E-state index contributed by atoms with van der Waals surface area (Å²) in [7, 11) is 0. The lowest BCUT2D eigenvalue weighted by Crippen LogP contribution is -2.64. The summed E-state index contributed by atoms with van der Waals surface area (Å²) in [5.74, 6) is -15.6. The highest BCUT2D eigenvalue weighted by molar-refractivity contribution is 8.14. The molecule has 0 spiro atoms. The number of primary amides is 1. The van der Waals surface area contributed by atoms with Crippen LogP contribution in [0.1, 0.15) is 150 Å². The van der Waals surface area contributed by atoms with Crippen LogP contribution in [0.5, 0.6) is 0 Å². The van der Waals surface area contributed by atoms with Gasteiger partial charge in [0.15, 0.2) is 0 Å². The minimum atomic E-state index is -2.16. The predicted molar refractivity (Wildman–Crippen MR) is 371 cm³/mol. The number of carbonyl (C=O) groups is 14. The SMILES string of the molecule is CC[C@H](C)[C@H](N)C1=N[C@H](C(=O)N[C@@H](CC(C)C)C(=O)N[C@H](CCC(=O)O)C(=O)N[C@H](C(=O)N[C@H]2CCCCNC(=O)[C@H](CC(N)=O)NC(=O)[C@@H](CC(=O)O)NC(=O)[C@H](Cc3cnc[nH]3)NC(=O)[C@@H](Cc3ccccc3)NC(=O)[C@H]([C@@H](C)CC)NC(=O)[C@@H](CCCN)NC2=O)C(C)(O)CC)CS1. The molecular weight excluding hydrogens is 1330 g/mol. The van der Waals surface area contributed by atoms with E-state index in [9.17, 15) is 82.4 Å². The van der Waals surface area contributed by atoms with Crippen molar-refractivity contribution in [2.75, 3.05) is 18.8 Å². The zero-order chi connectivity index (χ0) is 75.3. The quantitative estimate of drug-likeness (QED) is 0.0369. The molecule has 35 heteroatoms. The van der Waals surface area contributed by atoms with Crippen LogP contribution in [-0.4, -0.2) is 210 Å². The number of aromatic nitrogens is 2. The molecule has 12 amide bonds. The van der Waals surface area contributed by atoms with E-state index >= 15 is 0 Å². The van der Waals surface area contributed by atoms with Gasteiger partial charge >= 0.3 is 11.9 Å². The Balaban J connectivity index is 1.79. The number of nitrogens with two attached hydrogens (primary N) is 3. The largest absolute Gasteiger partial charge is 0.481 e. The van der Waals surface area contributed by atoms with E-state index in [-0.39, 0.29) is 101 Å². The first-order chi connectivity index (χ1) is 47.7. The van der Waals surface area contributed by atoms with Crippen molar-refractivity contribution in [1.29, 1.82) is 0 Å². The number of carbonyl (C=O) groups excluding carboxylic acids is 12. The van der Waals surface area contributed by atoms with Gasteiger partial charge in [-0.1, -0.05) is 91.6 Å². The molecule has 1 aromatic heterocycles. The Morgan fingerprint density at radius 2 is 1.31 bits per heavy atom. The van der Waals surface area contributed by atoms with Gasteiger partial charge in [-0.3, -0.25) is 72.1 Å². The van der Waals surface area contributed by atoms with Crippen LogP contribution in [0.3, 0.4) is 0 Å². The van der Waals surface area contributed by atoms with Crippen molar-refractivity contribution in [2.24, 2.45) is 39.9 Å². The number of H-pyrrole nitrogens is 1. The standard InChI is InChI=1S/C66H103N17O17S/c1-9-35(6)51(69)65-81-47(32-101-65)62(97)76-42(26-34(4)5)58(93)74-41(22-23-49(85)86)57(92)83-53(66(8,100)11-3)64(99)75-39-20-15-16-25-71-54(89)45(29-48(68)84)78-61(96)46(30-50(87)88)79-60(95)44(28-38-31-70-33-72-38)77-59(94)43(27-37-18-13-12-14-19-37)80-63(98)52(36(7)10-2)82-56(91)40(21-17-24-67)73-55(39)90/h12-14,18-19,31,33-36,39-47,51-53,100H,9-11,15-17,20-30,32,67,69H2,1-8H3,(H2,68,84)(H,70,72)(H,71,89)(H,73,90)(H,74,93)(H,75,99)(H,76,97)(H,77,94)(H,78,96)(H,79,95)(H,80,98)(H,82,91)(H,83,92)(H,85,86)(H,87,88)/t35-,36-,39-,40+,41+,42-,43+,44-,45-,46+,47-,51-,52-,53+,66?/m0/s1. The maximum atomic E-state index is 14.9. The fraction of sp³-hybridized carbons (Fsp3) is 0.636. The summed E-state index contributed by atoms with van der Waals surface area (Å²) in [4.78, 5) is 207. The van der Waals surface area contributed by atoms with E-state index < -0.39 is 193 Å². The molecule has 1 fully saturated rings. The third-order valence-electron chi connectivity index (χ3n) is 17.6. The Morgan fingerprint density at radius 1 is 0.703 bits per heavy atom. The number of nitrogens with one attached hydrogen (secondary N) is 12. The second-order valence-electron chi connectivity index (χ2n) is 26.2. The fourth-order valence-electron chi connectivity index (χ4n) is 10.8. The first-order valence-electron chi connectivity index (χ1n) is 34.1. The Labute approximate surface area is 590 Å². The van der Waals surface area contributed by atoms with Crippen molar-refractivity contribution >= 4 is 99.6 Å². The zero-order valence-electron chi connectivity index (χ0n) is 58.5. The summed E-state index contributed by atoms with van der Waals surface area (Å²) >= 11 is 1.33. The number of hydrogen-bond donors (Lipinski definition) is 18. The number of nitrogens with zero attached hydrogens (tertiary/aromatic N) is 2. The maximum absolute atomic E-state index is 14.9. The molecule has 560 valence electrons. The highest BCUT2D eigenvalue weighted by Crippen LogP contribution is 2.25. The molecule has 1 unspecified atom stereocenters. The minimum Gasteiger partial charge on any atom is -0.481 e. The number of aliphatic hydroxyl groups is 1. The molecule has 3 heterocycles. The number of aromatic amines is 1. The zero-order valence-corrected chi connectivity index (χ0v) is 59.3. The fourth-order valence-corrected chi connectivity index (χ4v) is 12.0. The average molecular weight is 1440 g/mol. The molecule has 1 saturated heterocycles. The van der Waals surface area contributed by atoms with Crippen LogP contribution >= 0.6 is 11.8 Å². The Hall–Kier alpha value is -9.09. The molecule has 1 aromatic carbocycles. The van der Waals surface area contributed by atoms with Gasteiger partial charge in [-0.15, -0.1) is 11.8 Å². The van der Waals surface area contributed by atoms with Crippen molar-refractivity contribution in [3.8, 4) is 0 Å². The molecule has 2 aromatic rings. The maximum Gasteiger partial charge on any atom is 0.305 e. The van der Waals surface area contributed by atoms with Crippen LogP contribution in [0.4, 0.5) is 0 Å². The molecule has 4 rings (SSSR count). The Kier molecular flexibility index (Phi) is 34.7. The highest BCUT2D eigenvalue weighted by atomic mass is 32.2. The number of amides is 12. The summed E-state index contributed by atoms with van der Waals surface area (Å²) in [5, 5.41) is 60.3. The number of hydrogen-bond acceptors (Lipinski definition) is 20. The topological polar surface area (TPSA) is 551 Å². The third-order valence-corrected chi connectivity index (χ3v) is 18.7. The molecule has 15 atom stereocenters. The predicted octanol–water partition coefficient (Wildman–Crippen LogP) is -2.56. The second-order valence-corrected chi connectivity index (χ2v) is 27.3. The van der Waals surface area contributed by atoms with E-state index in [0.29, 0.717) is 10.6 Å². The van der Waals surface area contributed by atoms with E-state index in [0.717, 1.165) is 6.42 Å². The van der Waals surface area contributed by atoms with Gasteiger partial charge in [0.25, 0.3) is 0 Å². The number of thioether (sulfide) groups is 1. The molecule has 2 aliphatic rings. The number of imidazole rings is 1. The van der Waals surface area contributed by atoms with E-state index in [1.54, 1.807) is 58.0 Å². The van der Waals surface area contributed by atoms with E-state index in [1.807, 2.05) is 13.8 Å². The summed E-state index contributed by atoms with van der Waals surface area (Å²) in [5.41, 5.74) is 16.5. The molecule has 2 aliphatic heterocycles. The average Bonchev–Trinajstić information content (AvgIpc) is 1.61. The van der Waals surface area contributed by atoms with Crippen molar-refractivity contribution in [1.82, 2.24) is 68.5 Å². The van der Waals surface area contributed by atoms with Crippen molar-refractivity contribution < 1.29 is 82.4 Å². The van der Waals surface area contributed by atoms with E-state index in [2.05, 4.69) is 73.4 Å². The lowest BCUT2D eigenvalue weighted by Gasteiger charge is -2.34. The molecule has 0 aliphatic carbocycles. The smallest absolute Gasteiger partial charge is 0.305 e. The van der Waals surface area contributed by atoms with E-state index in [4.69, 9.17) is 17.2 Å². The molecule has 101 heavy (non-hydrogen) atoms. The second kappa shape index (κ2) is 41.6. The molecular formula is C66H103N17O17S. The minimum absolute atomic E-state index is 0.00115. The highest BCUT2D eigenvalue weighted by Gasteiger charge is 2.43. The van der Waals surface area contributed by atoms with Gasteiger partial charge in [-0.05, 0) is 88.2 Å². The van der Waals surface area contributed by atoms with Crippen LogP contribution in [0.25, 0.3) is 0 Å². The van der Waals surface area contributed by atoms with Crippen LogP contribution < -0.4 is 75.7 Å². The molecule has 21 N–H and O–H groups in total. The van der Waals surface area contributed by atoms with Gasteiger partial charge in [0.05, 0.1) is 35.9 Å². The first kappa shape index (κ1) is 84.3. The first-order valence-corrected chi connectivity index (χ1v) is 35.1. The van der Waals surface area contributed by atoms with Gasteiger partial charge in [0.1, 0.15) is 66.5 Å². The van der Waals surface area contributed by atoms with Crippen molar-refractivity contribution in [3.63, 3.8) is 0 Å². The van der Waals surface area contributed by atoms with Crippen LogP contribution in [-0.2, 0) is 80.0 Å². The number of benzene rings is 1. The van der Waals surface area contributed by atoms with Crippen molar-refractivity contribution in [3.05, 3.63) is 54.1 Å². The van der Waals surface area contributed by atoms with Gasteiger partial charge in [0, 0.05) is 43.5 Å². The molecule has 0 bridgehead atoms. The van der Waals surface area contributed by atoms with Crippen molar-refractivity contribution in [2.45, 2.75) is 230 Å². The van der Waals surface area contributed by atoms with E-state index in [1.165, 1.54) is 38.1 Å². The lowest BCUT2D eigenvalue weighted by molar-refractivity contribution is -0.142. The lowest BCUT2D eigenvalue weighted by atomic mass is 9.91. The molecule has 34 nitrogen and oxygen atoms in total. The monoisotopic (exact) mass is 1440 g/mol. The summed E-state index contributed by atoms with van der Waals surface area (Å²) < 4.78 is 0. The molecule has 0 radical (unpaired) electrons. The normalized spacial score (nSPS) is 23.4. The Bertz CT molecular complexity index is 3210. The third kappa shape index (κ3) is 27.8. The van der Waals surface area contributed by atoms with Gasteiger partial charge < -0.3 is 96.0 Å². The van der Waals surface area contributed by atoms with Crippen LogP contribution in [0.2, 0.25) is 0 Å². The van der Waals surface area contributed by atoms with Gasteiger partial charge in [-0.2, -0.15) is 0 Å². The number of aliphatic carboxylic acids is 2. The van der Waals surface area contributed by atoms with Crippen LogP contribution in [0.15, 0.2) is 47.8 Å². The summed E-state index contributed by atoms with van der Waals surface area (Å²) in [6.45, 7) is 13.2. The number of aliphatic imine (C=N–C) groups is 1. The van der Waals surface area contributed by atoms with Crippen LogP contribution in [0, 0.1) is 17.8 Å². The number of carboxylic acid groups (broad SMARTS) is 2. The summed E-state index contributed by atoms with van der Waals surface area (Å²) in [6.07, 6.45) is -0.728. The van der Waals surface area contributed by atoms with Gasteiger partial charge in [0.2, 0.25) is 70.9 Å². The summed E-state index contributed by atoms with van der Waals surface area (Å²) in [6, 6.07) is -9.42. The van der Waals surface area contributed by atoms with Gasteiger partial charge in [-0.25, -0.2) is 4.98 Å². The number of carboxylic acids is 2. The Morgan fingerprint density at radius 3 is 1.89 bits per heavy atom. The molecule has 0 saturated carbocycles.